The molecule has 122 valence electrons. The Morgan fingerprint density at radius 3 is 2.71 bits per heavy atom. The fourth-order valence-corrected chi connectivity index (χ4v) is 2.73. The van der Waals surface area contributed by atoms with Gasteiger partial charge in [-0.2, -0.15) is 0 Å². The number of ketones is 2. The van der Waals surface area contributed by atoms with E-state index in [1.165, 1.54) is 19.1 Å². The molecule has 5 heteroatoms. The van der Waals surface area contributed by atoms with Gasteiger partial charge < -0.3 is 9.15 Å². The molecule has 0 saturated heterocycles. The molecule has 0 N–H and O–H groups in total. The first-order chi connectivity index (χ1) is 11.5. The van der Waals surface area contributed by atoms with Gasteiger partial charge in [-0.05, 0) is 25.1 Å². The molecule has 0 aliphatic carbocycles. The topological polar surface area (TPSA) is 73.6 Å². The number of esters is 1. The highest BCUT2D eigenvalue weighted by molar-refractivity contribution is 6.25. The van der Waals surface area contributed by atoms with Crippen LogP contribution in [0, 0.1) is 5.92 Å². The molecule has 1 atom stereocenters. The summed E-state index contributed by atoms with van der Waals surface area (Å²) in [6, 6.07) is 7.50. The molecule has 0 saturated carbocycles. The molecular weight excluding hydrogens is 308 g/mol. The van der Waals surface area contributed by atoms with E-state index in [9.17, 15) is 14.4 Å². The largest absolute Gasteiger partial charge is 0.460 e. The molecular formula is C19H16O5. The number of furan rings is 1. The summed E-state index contributed by atoms with van der Waals surface area (Å²) in [4.78, 5) is 36.0. The second-order valence-electron chi connectivity index (χ2n) is 5.54. The van der Waals surface area contributed by atoms with E-state index >= 15 is 0 Å². The Bertz CT molecular complexity index is 898. The Morgan fingerprint density at radius 2 is 2.00 bits per heavy atom. The number of benzene rings is 1. The minimum absolute atomic E-state index is 0.201. The summed E-state index contributed by atoms with van der Waals surface area (Å²) in [7, 11) is 0. The predicted octanol–water partition coefficient (Wildman–Crippen LogP) is 3.22. The van der Waals surface area contributed by atoms with Crippen LogP contribution >= 0.6 is 0 Å². The summed E-state index contributed by atoms with van der Waals surface area (Å²) >= 11 is 0. The van der Waals surface area contributed by atoms with Crippen LogP contribution in [0.2, 0.25) is 0 Å². The average molecular weight is 324 g/mol. The number of rotatable bonds is 4. The van der Waals surface area contributed by atoms with E-state index in [0.717, 1.165) is 22.3 Å². The number of hydrogen-bond donors (Lipinski definition) is 0. The second kappa shape index (κ2) is 6.28. The first kappa shape index (κ1) is 15.9. The van der Waals surface area contributed by atoms with Gasteiger partial charge in [-0.3, -0.25) is 14.4 Å². The van der Waals surface area contributed by atoms with Gasteiger partial charge in [0.2, 0.25) is 0 Å². The first-order valence-electron chi connectivity index (χ1n) is 7.67. The predicted molar refractivity (Wildman–Crippen MR) is 88.0 cm³/mol. The normalized spacial score (nSPS) is 18.1. The van der Waals surface area contributed by atoms with Crippen molar-refractivity contribution >= 4 is 34.6 Å². The molecule has 0 amide bonds. The number of cyclic esters (lactones) is 1. The van der Waals surface area contributed by atoms with E-state index in [2.05, 4.69) is 0 Å². The van der Waals surface area contributed by atoms with Gasteiger partial charge in [0.15, 0.2) is 17.5 Å². The third-order valence-corrected chi connectivity index (χ3v) is 3.86. The molecule has 1 unspecified atom stereocenters. The third kappa shape index (κ3) is 2.80. The maximum atomic E-state index is 12.3. The van der Waals surface area contributed by atoms with Gasteiger partial charge in [-0.1, -0.05) is 25.1 Å². The summed E-state index contributed by atoms with van der Waals surface area (Å²) in [6.07, 6.45) is 4.67. The fourth-order valence-electron chi connectivity index (χ4n) is 2.73. The van der Waals surface area contributed by atoms with Crippen molar-refractivity contribution in [3.8, 4) is 0 Å². The number of fused-ring (bicyclic) bond motifs is 1. The lowest BCUT2D eigenvalue weighted by Gasteiger charge is -2.15. The van der Waals surface area contributed by atoms with Crippen LogP contribution in [0.15, 0.2) is 46.6 Å². The minimum Gasteiger partial charge on any atom is -0.460 e. The molecule has 1 aliphatic rings. The Hall–Kier alpha value is -2.95. The zero-order valence-electron chi connectivity index (χ0n) is 13.4. The third-order valence-electron chi connectivity index (χ3n) is 3.86. The van der Waals surface area contributed by atoms with Gasteiger partial charge in [0, 0.05) is 23.4 Å². The van der Waals surface area contributed by atoms with Crippen LogP contribution in [-0.4, -0.2) is 17.5 Å². The maximum Gasteiger partial charge on any atom is 0.329 e. The molecule has 1 aromatic carbocycles. The van der Waals surface area contributed by atoms with Crippen molar-refractivity contribution in [1.29, 1.82) is 0 Å². The molecule has 1 aliphatic heterocycles. The zero-order chi connectivity index (χ0) is 17.3. The molecule has 2 aromatic rings. The van der Waals surface area contributed by atoms with Gasteiger partial charge in [0.05, 0.1) is 0 Å². The quantitative estimate of drug-likeness (QED) is 0.490. The number of para-hydroxylation sites is 1. The van der Waals surface area contributed by atoms with Crippen molar-refractivity contribution in [2.45, 2.75) is 20.3 Å². The summed E-state index contributed by atoms with van der Waals surface area (Å²) < 4.78 is 10.6. The van der Waals surface area contributed by atoms with Crippen LogP contribution in [0.3, 0.4) is 0 Å². The van der Waals surface area contributed by atoms with E-state index in [1.54, 1.807) is 6.08 Å². The number of hydrogen-bond acceptors (Lipinski definition) is 5. The van der Waals surface area contributed by atoms with Crippen molar-refractivity contribution in [2.75, 3.05) is 0 Å². The number of allylic oxidation sites excluding steroid dienone is 3. The minimum atomic E-state index is -1.42. The molecule has 0 fully saturated rings. The van der Waals surface area contributed by atoms with Crippen LogP contribution in [0.25, 0.3) is 17.0 Å². The highest BCUT2D eigenvalue weighted by atomic mass is 16.5. The Labute approximate surface area is 138 Å². The van der Waals surface area contributed by atoms with E-state index in [1.807, 2.05) is 31.2 Å². The number of carbonyl (C=O) groups is 3. The lowest BCUT2D eigenvalue weighted by molar-refractivity contribution is -0.151. The van der Waals surface area contributed by atoms with Crippen molar-refractivity contribution in [2.24, 2.45) is 5.92 Å². The second-order valence-corrected chi connectivity index (χ2v) is 5.54. The maximum absolute atomic E-state index is 12.3. The average Bonchev–Trinajstić information content (AvgIpc) is 2.89. The summed E-state index contributed by atoms with van der Waals surface area (Å²) in [5.74, 6) is -2.46. The van der Waals surface area contributed by atoms with Crippen LogP contribution in [0.5, 0.6) is 0 Å². The molecule has 5 nitrogen and oxygen atoms in total. The lowest BCUT2D eigenvalue weighted by atomic mass is 9.95. The molecule has 0 bridgehead atoms. The molecule has 1 aromatic heterocycles. The fraction of sp³-hybridized carbons (Fsp3) is 0.211. The first-order valence-corrected chi connectivity index (χ1v) is 7.67. The summed E-state index contributed by atoms with van der Waals surface area (Å²) in [6.45, 7) is 3.45. The van der Waals surface area contributed by atoms with Crippen LogP contribution in [-0.2, 0) is 25.5 Å². The van der Waals surface area contributed by atoms with Crippen LogP contribution < -0.4 is 0 Å². The van der Waals surface area contributed by atoms with Gasteiger partial charge in [-0.15, -0.1) is 0 Å². The van der Waals surface area contributed by atoms with E-state index in [4.69, 9.17) is 9.15 Å². The SMILES string of the molecule is CCc1oc2ccccc2c1/C=C/C(=O)C1C(=O)C=C(C)OC1=O. The van der Waals surface area contributed by atoms with Gasteiger partial charge in [0.1, 0.15) is 17.1 Å². The lowest BCUT2D eigenvalue weighted by Crippen LogP contribution is -2.34. The smallest absolute Gasteiger partial charge is 0.329 e. The van der Waals surface area contributed by atoms with E-state index < -0.39 is 23.5 Å². The van der Waals surface area contributed by atoms with E-state index in [-0.39, 0.29) is 5.76 Å². The van der Waals surface area contributed by atoms with E-state index in [0.29, 0.717) is 6.42 Å². The van der Waals surface area contributed by atoms with Gasteiger partial charge in [-0.25, -0.2) is 0 Å². The highest BCUT2D eigenvalue weighted by Gasteiger charge is 2.36. The number of aryl methyl sites for hydroxylation is 1. The van der Waals surface area contributed by atoms with Gasteiger partial charge in [0.25, 0.3) is 0 Å². The highest BCUT2D eigenvalue weighted by Crippen LogP contribution is 2.27. The van der Waals surface area contributed by atoms with Crippen molar-refractivity contribution < 1.29 is 23.5 Å². The molecule has 0 radical (unpaired) electrons. The van der Waals surface area contributed by atoms with Crippen LogP contribution in [0.1, 0.15) is 25.2 Å². The summed E-state index contributed by atoms with van der Waals surface area (Å²) in [5.41, 5.74) is 1.51. The van der Waals surface area contributed by atoms with Crippen molar-refractivity contribution in [3.05, 3.63) is 53.5 Å². The monoisotopic (exact) mass is 324 g/mol. The number of ether oxygens (including phenoxy) is 1. The molecule has 3 rings (SSSR count). The number of carbonyl (C=O) groups excluding carboxylic acids is 3. The summed E-state index contributed by atoms with van der Waals surface area (Å²) in [5, 5.41) is 0.881. The van der Waals surface area contributed by atoms with Crippen molar-refractivity contribution in [3.63, 3.8) is 0 Å². The standard InChI is InChI=1S/C19H16O5/c1-3-16-13(12-6-4-5-7-17(12)24-16)8-9-14(20)18-15(21)10-11(2)23-19(18)22/h4-10,18H,3H2,1-2H3/b9-8+. The Balaban J connectivity index is 1.93. The molecule has 0 spiro atoms. The van der Waals surface area contributed by atoms with Crippen molar-refractivity contribution in [1.82, 2.24) is 0 Å². The molecule has 24 heavy (non-hydrogen) atoms. The Morgan fingerprint density at radius 1 is 1.25 bits per heavy atom. The Kier molecular flexibility index (Phi) is 4.16. The van der Waals surface area contributed by atoms with Crippen LogP contribution in [0.4, 0.5) is 0 Å². The van der Waals surface area contributed by atoms with Gasteiger partial charge >= 0.3 is 5.97 Å². The zero-order valence-corrected chi connectivity index (χ0v) is 13.4. The molecule has 2 heterocycles.